The van der Waals surface area contributed by atoms with E-state index in [0.29, 0.717) is 24.7 Å². The highest BCUT2D eigenvalue weighted by molar-refractivity contribution is 5.56. The molecule has 14 heavy (non-hydrogen) atoms. The predicted octanol–water partition coefficient (Wildman–Crippen LogP) is 1.30. The van der Waals surface area contributed by atoms with E-state index in [2.05, 4.69) is 0 Å². The zero-order valence-electron chi connectivity index (χ0n) is 8.45. The molecule has 4 heteroatoms. The van der Waals surface area contributed by atoms with Crippen molar-refractivity contribution in [2.45, 2.75) is 0 Å². The van der Waals surface area contributed by atoms with E-state index in [-0.39, 0.29) is 0 Å². The minimum atomic E-state index is 0.516. The van der Waals surface area contributed by atoms with Gasteiger partial charge in [0.1, 0.15) is 18.1 Å². The summed E-state index contributed by atoms with van der Waals surface area (Å²) in [6.07, 6.45) is 0. The van der Waals surface area contributed by atoms with Crippen LogP contribution < -0.4 is 15.2 Å². The highest BCUT2D eigenvalue weighted by Gasteiger charge is 2.00. The van der Waals surface area contributed by atoms with Gasteiger partial charge in [-0.1, -0.05) is 0 Å². The first-order chi connectivity index (χ1) is 6.77. The Kier molecular flexibility index (Phi) is 4.07. The molecule has 0 aliphatic heterocycles. The molecule has 0 radical (unpaired) electrons. The standard InChI is InChI=1S/C10H15NO3/c1-12-5-6-14-8-3-4-10(13-2)9(11)7-8/h3-4,7H,5-6,11H2,1-2H3. The quantitative estimate of drug-likeness (QED) is 0.571. The lowest BCUT2D eigenvalue weighted by Crippen LogP contribution is -2.04. The maximum Gasteiger partial charge on any atom is 0.142 e. The van der Waals surface area contributed by atoms with Crippen LogP contribution in [0, 0.1) is 0 Å². The third kappa shape index (κ3) is 2.81. The van der Waals surface area contributed by atoms with Crippen molar-refractivity contribution in [3.63, 3.8) is 0 Å². The number of nitrogens with two attached hydrogens (primary N) is 1. The van der Waals surface area contributed by atoms with Crippen molar-refractivity contribution in [3.05, 3.63) is 18.2 Å². The molecule has 1 aromatic rings. The van der Waals surface area contributed by atoms with Gasteiger partial charge in [-0.05, 0) is 12.1 Å². The van der Waals surface area contributed by atoms with Crippen molar-refractivity contribution in [1.82, 2.24) is 0 Å². The average molecular weight is 197 g/mol. The maximum atomic E-state index is 5.70. The molecule has 1 rings (SSSR count). The van der Waals surface area contributed by atoms with Crippen LogP contribution in [0.3, 0.4) is 0 Å². The molecule has 0 aliphatic carbocycles. The van der Waals surface area contributed by atoms with Crippen molar-refractivity contribution in [2.24, 2.45) is 0 Å². The van der Waals surface area contributed by atoms with Gasteiger partial charge in [-0.2, -0.15) is 0 Å². The Hall–Kier alpha value is -1.42. The summed E-state index contributed by atoms with van der Waals surface area (Å²) >= 11 is 0. The van der Waals surface area contributed by atoms with Crippen molar-refractivity contribution in [3.8, 4) is 11.5 Å². The van der Waals surface area contributed by atoms with Gasteiger partial charge in [0.05, 0.1) is 19.4 Å². The molecule has 0 spiro atoms. The van der Waals surface area contributed by atoms with Crippen molar-refractivity contribution in [2.75, 3.05) is 33.2 Å². The molecule has 1 aromatic carbocycles. The molecule has 0 heterocycles. The zero-order chi connectivity index (χ0) is 10.4. The van der Waals surface area contributed by atoms with Gasteiger partial charge in [0.2, 0.25) is 0 Å². The van der Waals surface area contributed by atoms with Crippen LogP contribution in [0.5, 0.6) is 11.5 Å². The first-order valence-corrected chi connectivity index (χ1v) is 4.33. The number of ether oxygens (including phenoxy) is 3. The van der Waals surface area contributed by atoms with Crippen LogP contribution in [0.2, 0.25) is 0 Å². The van der Waals surface area contributed by atoms with E-state index in [1.807, 2.05) is 6.07 Å². The summed E-state index contributed by atoms with van der Waals surface area (Å²) in [5.74, 6) is 1.38. The molecule has 0 fully saturated rings. The van der Waals surface area contributed by atoms with Crippen molar-refractivity contribution >= 4 is 5.69 Å². The molecular formula is C10H15NO3. The molecule has 0 unspecified atom stereocenters. The third-order valence-corrected chi connectivity index (χ3v) is 1.76. The van der Waals surface area contributed by atoms with E-state index in [1.54, 1.807) is 26.4 Å². The molecule has 0 saturated carbocycles. The lowest BCUT2D eigenvalue weighted by molar-refractivity contribution is 0.146. The zero-order valence-corrected chi connectivity index (χ0v) is 8.45. The molecule has 4 nitrogen and oxygen atoms in total. The lowest BCUT2D eigenvalue weighted by Gasteiger charge is -2.08. The highest BCUT2D eigenvalue weighted by atomic mass is 16.5. The summed E-state index contributed by atoms with van der Waals surface area (Å²) < 4.78 is 15.2. The van der Waals surface area contributed by atoms with Gasteiger partial charge >= 0.3 is 0 Å². The van der Waals surface area contributed by atoms with Gasteiger partial charge in [0, 0.05) is 13.2 Å². The van der Waals surface area contributed by atoms with Crippen LogP contribution >= 0.6 is 0 Å². The van der Waals surface area contributed by atoms with E-state index in [4.69, 9.17) is 19.9 Å². The van der Waals surface area contributed by atoms with E-state index in [1.165, 1.54) is 0 Å². The number of hydrogen-bond acceptors (Lipinski definition) is 4. The normalized spacial score (nSPS) is 9.86. The van der Waals surface area contributed by atoms with Crippen LogP contribution in [-0.4, -0.2) is 27.4 Å². The number of methoxy groups -OCH3 is 2. The lowest BCUT2D eigenvalue weighted by atomic mass is 10.3. The fourth-order valence-corrected chi connectivity index (χ4v) is 1.05. The monoisotopic (exact) mass is 197 g/mol. The fraction of sp³-hybridized carbons (Fsp3) is 0.400. The van der Waals surface area contributed by atoms with Gasteiger partial charge in [-0.15, -0.1) is 0 Å². The van der Waals surface area contributed by atoms with Crippen LogP contribution in [0.15, 0.2) is 18.2 Å². The maximum absolute atomic E-state index is 5.70. The van der Waals surface area contributed by atoms with Gasteiger partial charge in [-0.25, -0.2) is 0 Å². The minimum absolute atomic E-state index is 0.516. The summed E-state index contributed by atoms with van der Waals surface area (Å²) in [6, 6.07) is 5.32. The Morgan fingerprint density at radius 3 is 2.57 bits per heavy atom. The summed E-state index contributed by atoms with van der Waals surface area (Å²) in [5, 5.41) is 0. The number of rotatable bonds is 5. The average Bonchev–Trinajstić information content (AvgIpc) is 2.18. The molecule has 0 saturated heterocycles. The second kappa shape index (κ2) is 5.34. The number of nitrogen functional groups attached to an aromatic ring is 1. The molecule has 0 aromatic heterocycles. The Bertz CT molecular complexity index is 289. The topological polar surface area (TPSA) is 53.7 Å². The van der Waals surface area contributed by atoms with Crippen LogP contribution in [0.4, 0.5) is 5.69 Å². The highest BCUT2D eigenvalue weighted by Crippen LogP contribution is 2.25. The Morgan fingerprint density at radius 1 is 1.21 bits per heavy atom. The van der Waals surface area contributed by atoms with Gasteiger partial charge in [0.15, 0.2) is 0 Å². The molecule has 2 N–H and O–H groups in total. The minimum Gasteiger partial charge on any atom is -0.495 e. The van der Waals surface area contributed by atoms with Crippen LogP contribution in [-0.2, 0) is 4.74 Å². The summed E-state index contributed by atoms with van der Waals surface area (Å²) in [7, 11) is 3.21. The van der Waals surface area contributed by atoms with Gasteiger partial charge < -0.3 is 19.9 Å². The van der Waals surface area contributed by atoms with E-state index in [0.717, 1.165) is 5.75 Å². The summed E-state index contributed by atoms with van der Waals surface area (Å²) in [6.45, 7) is 1.08. The van der Waals surface area contributed by atoms with E-state index in [9.17, 15) is 0 Å². The smallest absolute Gasteiger partial charge is 0.142 e. The van der Waals surface area contributed by atoms with E-state index < -0.39 is 0 Å². The third-order valence-electron chi connectivity index (χ3n) is 1.76. The predicted molar refractivity (Wildman–Crippen MR) is 54.8 cm³/mol. The van der Waals surface area contributed by atoms with Crippen LogP contribution in [0.1, 0.15) is 0 Å². The van der Waals surface area contributed by atoms with E-state index >= 15 is 0 Å². The molecular weight excluding hydrogens is 182 g/mol. The number of hydrogen-bond donors (Lipinski definition) is 1. The summed E-state index contributed by atoms with van der Waals surface area (Å²) in [4.78, 5) is 0. The molecule has 0 bridgehead atoms. The second-order valence-corrected chi connectivity index (χ2v) is 2.75. The Morgan fingerprint density at radius 2 is 2.00 bits per heavy atom. The van der Waals surface area contributed by atoms with Crippen molar-refractivity contribution < 1.29 is 14.2 Å². The van der Waals surface area contributed by atoms with Gasteiger partial charge in [-0.3, -0.25) is 0 Å². The first kappa shape index (κ1) is 10.7. The number of anilines is 1. The molecule has 0 atom stereocenters. The Labute approximate surface area is 83.6 Å². The molecule has 78 valence electrons. The molecule has 0 amide bonds. The first-order valence-electron chi connectivity index (χ1n) is 4.33. The van der Waals surface area contributed by atoms with Gasteiger partial charge in [0.25, 0.3) is 0 Å². The van der Waals surface area contributed by atoms with Crippen LogP contribution in [0.25, 0.3) is 0 Å². The van der Waals surface area contributed by atoms with Crippen molar-refractivity contribution in [1.29, 1.82) is 0 Å². The Balaban J connectivity index is 2.57. The molecule has 0 aliphatic rings. The number of benzene rings is 1. The SMILES string of the molecule is COCCOc1ccc(OC)c(N)c1. The largest absolute Gasteiger partial charge is 0.495 e. The fourth-order valence-electron chi connectivity index (χ4n) is 1.05. The second-order valence-electron chi connectivity index (χ2n) is 2.75. The summed E-state index contributed by atoms with van der Waals surface area (Å²) in [5.41, 5.74) is 6.27.